The number of hydrogen-bond acceptors (Lipinski definition) is 3. The molecule has 2 aliphatic heterocycles. The Morgan fingerprint density at radius 2 is 1.68 bits per heavy atom. The first-order valence-corrected chi connectivity index (χ1v) is 11.7. The van der Waals surface area contributed by atoms with Gasteiger partial charge in [0.1, 0.15) is 18.8 Å². The lowest BCUT2D eigenvalue weighted by molar-refractivity contribution is -0.947. The summed E-state index contributed by atoms with van der Waals surface area (Å²) in [4.78, 5) is 13.3. The van der Waals surface area contributed by atoms with Gasteiger partial charge in [-0.2, -0.15) is 10.5 Å². The number of hydrazone groups is 1. The van der Waals surface area contributed by atoms with Gasteiger partial charge in [-0.1, -0.05) is 53.9 Å². The van der Waals surface area contributed by atoms with Gasteiger partial charge in [-0.25, -0.2) is 4.59 Å². The van der Waals surface area contributed by atoms with E-state index in [-0.39, 0.29) is 17.9 Å². The molecule has 8 heteroatoms. The normalized spacial score (nSPS) is 22.9. The monoisotopic (exact) mass is 479 g/mol. The first-order valence-electron chi connectivity index (χ1n) is 10.5. The maximum absolute atomic E-state index is 13.3. The highest BCUT2D eigenvalue weighted by Crippen LogP contribution is 2.42. The Labute approximate surface area is 198 Å². The van der Waals surface area contributed by atoms with Gasteiger partial charge in [-0.05, 0) is 55.2 Å². The molecule has 31 heavy (non-hydrogen) atoms. The van der Waals surface area contributed by atoms with E-state index < -0.39 is 0 Å². The summed E-state index contributed by atoms with van der Waals surface area (Å²) in [5, 5.41) is 8.30. The standard InChI is InChI=1S/C23H25Cl3N4O/c1-15-21(23(31)28-30(2)12-4-3-5-13-30)27-29(20-11-10-18(25)14-19(20)26)22(15)16-6-8-17(24)9-7-16/h6-11,14-15,22H,3-5,12-13H2,1-2H3/p+1/t15-,22-/m1/s1. The summed E-state index contributed by atoms with van der Waals surface area (Å²) >= 11 is 18.7. The van der Waals surface area contributed by atoms with Gasteiger partial charge in [0.15, 0.2) is 0 Å². The summed E-state index contributed by atoms with van der Waals surface area (Å²) in [5.74, 6) is -0.284. The average molecular weight is 481 g/mol. The van der Waals surface area contributed by atoms with E-state index in [0.29, 0.717) is 31.1 Å². The number of quaternary nitrogens is 1. The molecule has 0 bridgehead atoms. The van der Waals surface area contributed by atoms with E-state index in [9.17, 15) is 4.79 Å². The Balaban J connectivity index is 1.70. The highest BCUT2D eigenvalue weighted by molar-refractivity contribution is 6.40. The minimum Gasteiger partial charge on any atom is -0.263 e. The van der Waals surface area contributed by atoms with Crippen LogP contribution in [0.2, 0.25) is 15.1 Å². The minimum atomic E-state index is -0.191. The fraction of sp³-hybridized carbons (Fsp3) is 0.391. The number of nitrogens with one attached hydrogen (secondary N) is 1. The maximum atomic E-state index is 13.3. The molecule has 2 aliphatic rings. The van der Waals surface area contributed by atoms with Crippen LogP contribution in [0.25, 0.3) is 0 Å². The second kappa shape index (κ2) is 8.99. The molecule has 1 amide bonds. The Bertz CT molecular complexity index is 1000. The summed E-state index contributed by atoms with van der Waals surface area (Å²) in [7, 11) is 2.07. The fourth-order valence-corrected chi connectivity index (χ4v) is 5.09. The Hall–Kier alpha value is -1.79. The largest absolute Gasteiger partial charge is 0.312 e. The van der Waals surface area contributed by atoms with E-state index in [2.05, 4.69) is 12.5 Å². The number of piperidine rings is 1. The van der Waals surface area contributed by atoms with Crippen molar-refractivity contribution >= 4 is 52.1 Å². The van der Waals surface area contributed by atoms with Gasteiger partial charge in [0.05, 0.1) is 23.8 Å². The molecule has 0 spiro atoms. The van der Waals surface area contributed by atoms with E-state index in [1.807, 2.05) is 42.3 Å². The molecular weight excluding hydrogens is 455 g/mol. The lowest BCUT2D eigenvalue weighted by Crippen LogP contribution is -2.61. The number of carbonyl (C=O) groups is 1. The molecule has 2 aromatic carbocycles. The zero-order valence-electron chi connectivity index (χ0n) is 17.6. The highest BCUT2D eigenvalue weighted by Gasteiger charge is 2.42. The molecule has 164 valence electrons. The number of nitrogens with zero attached hydrogens (tertiary/aromatic N) is 3. The first-order chi connectivity index (χ1) is 14.8. The summed E-state index contributed by atoms with van der Waals surface area (Å²) < 4.78 is 0.540. The van der Waals surface area contributed by atoms with Crippen LogP contribution >= 0.6 is 34.8 Å². The van der Waals surface area contributed by atoms with E-state index >= 15 is 0 Å². The van der Waals surface area contributed by atoms with Gasteiger partial charge in [-0.15, -0.1) is 0 Å². The van der Waals surface area contributed by atoms with Crippen molar-refractivity contribution < 1.29 is 9.39 Å². The predicted octanol–water partition coefficient (Wildman–Crippen LogP) is 5.86. The molecule has 0 saturated carbocycles. The second-order valence-corrected chi connectivity index (χ2v) is 9.84. The number of anilines is 1. The van der Waals surface area contributed by atoms with Gasteiger partial charge in [0, 0.05) is 16.0 Å². The van der Waals surface area contributed by atoms with Gasteiger partial charge in [-0.3, -0.25) is 9.80 Å². The summed E-state index contributed by atoms with van der Waals surface area (Å²) in [6.45, 7) is 3.89. The lowest BCUT2D eigenvalue weighted by atomic mass is 9.91. The van der Waals surface area contributed by atoms with Crippen molar-refractivity contribution in [3.63, 3.8) is 0 Å². The van der Waals surface area contributed by atoms with Gasteiger partial charge in [0.25, 0.3) is 0 Å². The smallest absolute Gasteiger partial charge is 0.263 e. The molecule has 0 unspecified atom stereocenters. The molecule has 5 nitrogen and oxygen atoms in total. The van der Waals surface area contributed by atoms with E-state index in [1.165, 1.54) is 6.42 Å². The zero-order chi connectivity index (χ0) is 22.2. The van der Waals surface area contributed by atoms with Crippen LogP contribution in [-0.2, 0) is 4.79 Å². The number of amides is 1. The summed E-state index contributed by atoms with van der Waals surface area (Å²) in [5.41, 5.74) is 5.42. The number of rotatable bonds is 4. The third-order valence-electron chi connectivity index (χ3n) is 6.16. The Kier molecular flexibility index (Phi) is 6.50. The van der Waals surface area contributed by atoms with Crippen molar-refractivity contribution in [2.45, 2.75) is 32.2 Å². The van der Waals surface area contributed by atoms with Crippen LogP contribution in [0.15, 0.2) is 47.6 Å². The zero-order valence-corrected chi connectivity index (χ0v) is 19.9. The number of likely N-dealkylation sites (tertiary alicyclic amines) is 1. The number of carbonyl (C=O) groups excluding carboxylic acids is 1. The molecule has 0 aliphatic carbocycles. The summed E-state index contributed by atoms with van der Waals surface area (Å²) in [6, 6.07) is 12.7. The topological polar surface area (TPSA) is 44.7 Å². The quantitative estimate of drug-likeness (QED) is 0.557. The SMILES string of the molecule is C[C@@H]1C(C(=O)N[N+]2(C)CCCCC2)=NN(c2ccc(Cl)cc2Cl)[C@H]1c1ccc(Cl)cc1. The predicted molar refractivity (Wildman–Crippen MR) is 128 cm³/mol. The van der Waals surface area contributed by atoms with Crippen molar-refractivity contribution in [2.24, 2.45) is 11.0 Å². The van der Waals surface area contributed by atoms with E-state index in [4.69, 9.17) is 39.9 Å². The maximum Gasteiger partial charge on any atom is 0.312 e. The van der Waals surface area contributed by atoms with Crippen LogP contribution in [0.4, 0.5) is 5.69 Å². The van der Waals surface area contributed by atoms with Crippen LogP contribution in [0.5, 0.6) is 0 Å². The molecule has 2 aromatic rings. The van der Waals surface area contributed by atoms with Crippen molar-refractivity contribution in [3.05, 3.63) is 63.1 Å². The Morgan fingerprint density at radius 1 is 1.03 bits per heavy atom. The van der Waals surface area contributed by atoms with Gasteiger partial charge in [0.2, 0.25) is 0 Å². The molecule has 2 heterocycles. The molecule has 4 rings (SSSR count). The molecule has 1 saturated heterocycles. The fourth-order valence-electron chi connectivity index (χ4n) is 4.47. The third-order valence-corrected chi connectivity index (χ3v) is 6.95. The first kappa shape index (κ1) is 22.4. The van der Waals surface area contributed by atoms with Crippen molar-refractivity contribution in [1.29, 1.82) is 0 Å². The van der Waals surface area contributed by atoms with Crippen molar-refractivity contribution in [1.82, 2.24) is 5.43 Å². The molecule has 1 fully saturated rings. The average Bonchev–Trinajstić information content (AvgIpc) is 3.06. The van der Waals surface area contributed by atoms with Gasteiger partial charge < -0.3 is 0 Å². The lowest BCUT2D eigenvalue weighted by Gasteiger charge is -2.36. The van der Waals surface area contributed by atoms with Gasteiger partial charge >= 0.3 is 5.91 Å². The molecular formula is C23H26Cl3N4O+. The second-order valence-electron chi connectivity index (χ2n) is 8.56. The molecule has 1 N–H and O–H groups in total. The van der Waals surface area contributed by atoms with Crippen molar-refractivity contribution in [3.8, 4) is 0 Å². The number of halogens is 3. The van der Waals surface area contributed by atoms with E-state index in [1.54, 1.807) is 12.1 Å². The van der Waals surface area contributed by atoms with Crippen LogP contribution < -0.4 is 10.4 Å². The number of benzene rings is 2. The highest BCUT2D eigenvalue weighted by atomic mass is 35.5. The molecule has 0 radical (unpaired) electrons. The van der Waals surface area contributed by atoms with Crippen LogP contribution in [0, 0.1) is 5.92 Å². The van der Waals surface area contributed by atoms with Crippen LogP contribution in [-0.4, -0.2) is 36.3 Å². The summed E-state index contributed by atoms with van der Waals surface area (Å²) in [6.07, 6.45) is 3.43. The third kappa shape index (κ3) is 4.70. The van der Waals surface area contributed by atoms with E-state index in [0.717, 1.165) is 31.5 Å². The van der Waals surface area contributed by atoms with Crippen molar-refractivity contribution in [2.75, 3.05) is 25.1 Å². The molecule has 0 aromatic heterocycles. The molecule has 2 atom stereocenters. The minimum absolute atomic E-state index is 0.136. The van der Waals surface area contributed by atoms with Crippen LogP contribution in [0.3, 0.4) is 0 Å². The van der Waals surface area contributed by atoms with Crippen LogP contribution in [0.1, 0.15) is 37.8 Å². The Morgan fingerprint density at radius 3 is 2.32 bits per heavy atom. The number of hydrogen-bond donors (Lipinski definition) is 1.